The van der Waals surface area contributed by atoms with Crippen molar-refractivity contribution >= 4 is 19.8 Å². The van der Waals surface area contributed by atoms with E-state index >= 15 is 0 Å². The average molecular weight is 901 g/mol. The molecule has 1 unspecified atom stereocenters. The number of hydrogen-bond acceptors (Lipinski definition) is 7. The number of quaternary nitrogens is 1. The molecular weight excluding hydrogens is 798 g/mol. The second kappa shape index (κ2) is 44.9. The number of carbonyl (C=O) groups excluding carboxylic acids is 2. The molecule has 2 atom stereocenters. The van der Waals surface area contributed by atoms with Crippen LogP contribution in [0.2, 0.25) is 0 Å². The molecule has 62 heavy (non-hydrogen) atoms. The SMILES string of the molecule is CCCCCC/C=C/CCCCCCCCCC(=O)O[C@@H](COC(=O)CCCCCCCCCCCCCCCCCCCCCCCCC)COP(=O)(O)OCC[N+](C)(C)C. The molecule has 0 rings (SSSR count). The summed E-state index contributed by atoms with van der Waals surface area (Å²) in [6.07, 6.45) is 49.8. The van der Waals surface area contributed by atoms with Crippen LogP contribution < -0.4 is 0 Å². The molecule has 0 aromatic rings. The van der Waals surface area contributed by atoms with Crippen molar-refractivity contribution in [2.45, 2.75) is 264 Å². The summed E-state index contributed by atoms with van der Waals surface area (Å²) < 4.78 is 34.5. The largest absolute Gasteiger partial charge is 0.472 e. The fourth-order valence-corrected chi connectivity index (χ4v) is 8.40. The molecule has 1 N–H and O–H groups in total. The maximum atomic E-state index is 12.7. The highest BCUT2D eigenvalue weighted by Gasteiger charge is 2.27. The number of esters is 2. The topological polar surface area (TPSA) is 108 Å². The smallest absolute Gasteiger partial charge is 0.462 e. The van der Waals surface area contributed by atoms with Gasteiger partial charge in [-0.05, 0) is 38.5 Å². The van der Waals surface area contributed by atoms with Gasteiger partial charge in [-0.1, -0.05) is 219 Å². The third kappa shape index (κ3) is 48.2. The van der Waals surface area contributed by atoms with Gasteiger partial charge < -0.3 is 18.9 Å². The zero-order valence-electron chi connectivity index (χ0n) is 41.6. The van der Waals surface area contributed by atoms with Crippen LogP contribution in [-0.4, -0.2) is 74.9 Å². The third-order valence-electron chi connectivity index (χ3n) is 11.8. The molecule has 0 saturated heterocycles. The number of allylic oxidation sites excluding steroid dienone is 2. The number of hydrogen-bond donors (Lipinski definition) is 1. The Kier molecular flexibility index (Phi) is 44.0. The maximum Gasteiger partial charge on any atom is 0.472 e. The zero-order valence-corrected chi connectivity index (χ0v) is 42.5. The van der Waals surface area contributed by atoms with Crippen molar-refractivity contribution in [3.63, 3.8) is 0 Å². The van der Waals surface area contributed by atoms with Crippen molar-refractivity contribution in [3.05, 3.63) is 12.2 Å². The molecule has 9 nitrogen and oxygen atoms in total. The van der Waals surface area contributed by atoms with Crippen LogP contribution in [0, 0.1) is 0 Å². The van der Waals surface area contributed by atoms with Crippen LogP contribution in [0.5, 0.6) is 0 Å². The minimum atomic E-state index is -4.38. The molecule has 0 fully saturated rings. The van der Waals surface area contributed by atoms with Gasteiger partial charge >= 0.3 is 19.8 Å². The van der Waals surface area contributed by atoms with Crippen LogP contribution in [0.15, 0.2) is 12.2 Å². The number of rotatable bonds is 49. The van der Waals surface area contributed by atoms with Crippen molar-refractivity contribution in [2.75, 3.05) is 47.5 Å². The number of carbonyl (C=O) groups is 2. The lowest BCUT2D eigenvalue weighted by Gasteiger charge is -2.24. The van der Waals surface area contributed by atoms with Crippen molar-refractivity contribution in [1.82, 2.24) is 0 Å². The molecule has 0 saturated carbocycles. The van der Waals surface area contributed by atoms with Gasteiger partial charge in [-0.3, -0.25) is 18.6 Å². The van der Waals surface area contributed by atoms with Crippen molar-refractivity contribution in [1.29, 1.82) is 0 Å². The summed E-state index contributed by atoms with van der Waals surface area (Å²) in [5.41, 5.74) is 0. The van der Waals surface area contributed by atoms with E-state index in [2.05, 4.69) is 26.0 Å². The predicted molar refractivity (Wildman–Crippen MR) is 261 cm³/mol. The first-order valence-corrected chi connectivity index (χ1v) is 27.9. The van der Waals surface area contributed by atoms with E-state index in [1.54, 1.807) is 0 Å². The molecular formula is C52H103NO8P+. The summed E-state index contributed by atoms with van der Waals surface area (Å²) in [6, 6.07) is 0. The van der Waals surface area contributed by atoms with Crippen LogP contribution in [-0.2, 0) is 32.7 Å². The van der Waals surface area contributed by atoms with Crippen molar-refractivity contribution in [3.8, 4) is 0 Å². The Balaban J connectivity index is 4.15. The first-order valence-electron chi connectivity index (χ1n) is 26.4. The molecule has 0 aliphatic carbocycles. The summed E-state index contributed by atoms with van der Waals surface area (Å²) in [6.45, 7) is 4.46. The Labute approximate surface area is 384 Å². The van der Waals surface area contributed by atoms with Crippen LogP contribution in [0.4, 0.5) is 0 Å². The van der Waals surface area contributed by atoms with Gasteiger partial charge in [-0.2, -0.15) is 0 Å². The van der Waals surface area contributed by atoms with E-state index in [0.717, 1.165) is 44.9 Å². The zero-order chi connectivity index (χ0) is 45.7. The van der Waals surface area contributed by atoms with Gasteiger partial charge in [0.2, 0.25) is 0 Å². The van der Waals surface area contributed by atoms with Gasteiger partial charge in [0.15, 0.2) is 6.10 Å². The van der Waals surface area contributed by atoms with Crippen molar-refractivity contribution < 1.29 is 42.1 Å². The lowest BCUT2D eigenvalue weighted by atomic mass is 10.0. The van der Waals surface area contributed by atoms with E-state index in [9.17, 15) is 19.0 Å². The van der Waals surface area contributed by atoms with E-state index < -0.39 is 26.5 Å². The summed E-state index contributed by atoms with van der Waals surface area (Å²) in [4.78, 5) is 35.5. The first kappa shape index (κ1) is 60.8. The average Bonchev–Trinajstić information content (AvgIpc) is 3.23. The Morgan fingerprint density at radius 2 is 0.823 bits per heavy atom. The van der Waals surface area contributed by atoms with Gasteiger partial charge in [0.05, 0.1) is 27.7 Å². The Hall–Kier alpha value is -1.25. The van der Waals surface area contributed by atoms with E-state index in [-0.39, 0.29) is 25.6 Å². The van der Waals surface area contributed by atoms with Gasteiger partial charge in [0.1, 0.15) is 19.8 Å². The number of ether oxygens (including phenoxy) is 2. The van der Waals surface area contributed by atoms with Crippen LogP contribution >= 0.6 is 7.82 Å². The summed E-state index contributed by atoms with van der Waals surface area (Å²) in [7, 11) is 1.49. The molecule has 0 heterocycles. The molecule has 10 heteroatoms. The second-order valence-corrected chi connectivity index (χ2v) is 20.7. The molecule has 368 valence electrons. The van der Waals surface area contributed by atoms with Crippen LogP contribution in [0.3, 0.4) is 0 Å². The Morgan fingerprint density at radius 3 is 1.21 bits per heavy atom. The second-order valence-electron chi connectivity index (χ2n) is 19.3. The number of likely N-dealkylation sites (N-methyl/N-ethyl adjacent to an activating group) is 1. The summed E-state index contributed by atoms with van der Waals surface area (Å²) in [5.74, 6) is -0.788. The number of phosphoric ester groups is 1. The third-order valence-corrected chi connectivity index (χ3v) is 12.8. The van der Waals surface area contributed by atoms with E-state index in [1.807, 2.05) is 21.1 Å². The lowest BCUT2D eigenvalue weighted by Crippen LogP contribution is -2.37. The lowest BCUT2D eigenvalue weighted by molar-refractivity contribution is -0.870. The Morgan fingerprint density at radius 1 is 0.484 bits per heavy atom. The van der Waals surface area contributed by atoms with Crippen LogP contribution in [0.1, 0.15) is 258 Å². The molecule has 0 amide bonds. The standard InChI is InChI=1S/C52H102NO8P/c1-6-8-10-12-14-16-18-20-22-23-24-25-26-27-28-29-31-32-34-36-38-40-42-44-51(54)58-48-50(49-60-62(56,57)59-47-46-53(3,4)5)61-52(55)45-43-41-39-37-35-33-30-21-19-17-15-13-11-9-7-2/h17,19,50H,6-16,18,20-49H2,1-5H3/p+1/b19-17+/t50-/m0/s1. The summed E-state index contributed by atoms with van der Waals surface area (Å²) in [5, 5.41) is 0. The molecule has 0 aliphatic heterocycles. The van der Waals surface area contributed by atoms with E-state index in [4.69, 9.17) is 18.5 Å². The highest BCUT2D eigenvalue weighted by Crippen LogP contribution is 2.43. The minimum absolute atomic E-state index is 0.0343. The molecule has 0 aromatic carbocycles. The summed E-state index contributed by atoms with van der Waals surface area (Å²) >= 11 is 0. The van der Waals surface area contributed by atoms with E-state index in [1.165, 1.54) is 180 Å². The van der Waals surface area contributed by atoms with Gasteiger partial charge in [-0.15, -0.1) is 0 Å². The van der Waals surface area contributed by atoms with E-state index in [0.29, 0.717) is 23.9 Å². The normalized spacial score (nSPS) is 13.5. The molecule has 0 spiro atoms. The van der Waals surface area contributed by atoms with Gasteiger partial charge in [0.25, 0.3) is 0 Å². The Bertz CT molecular complexity index is 1060. The maximum absolute atomic E-state index is 12.7. The molecule has 0 bridgehead atoms. The minimum Gasteiger partial charge on any atom is -0.462 e. The molecule has 0 aliphatic rings. The van der Waals surface area contributed by atoms with Crippen molar-refractivity contribution in [2.24, 2.45) is 0 Å². The quantitative estimate of drug-likeness (QED) is 0.0211. The number of unbranched alkanes of at least 4 members (excludes halogenated alkanes) is 33. The monoisotopic (exact) mass is 901 g/mol. The fraction of sp³-hybridized carbons (Fsp3) is 0.923. The number of phosphoric acid groups is 1. The molecule has 0 aromatic heterocycles. The van der Waals surface area contributed by atoms with Gasteiger partial charge in [0, 0.05) is 12.8 Å². The van der Waals surface area contributed by atoms with Gasteiger partial charge in [-0.25, -0.2) is 4.57 Å². The predicted octanol–water partition coefficient (Wildman–Crippen LogP) is 15.7. The molecule has 0 radical (unpaired) electrons. The fourth-order valence-electron chi connectivity index (χ4n) is 7.66. The highest BCUT2D eigenvalue weighted by molar-refractivity contribution is 7.47. The first-order chi connectivity index (χ1) is 30.0. The van der Waals surface area contributed by atoms with Crippen LogP contribution in [0.25, 0.3) is 0 Å². The highest BCUT2D eigenvalue weighted by atomic mass is 31.2. The number of nitrogens with zero attached hydrogens (tertiary/aromatic N) is 1.